The average molecular weight is 255 g/mol. The van der Waals surface area contributed by atoms with Crippen LogP contribution in [0.1, 0.15) is 25.7 Å². The number of morpholine rings is 1. The van der Waals surface area contributed by atoms with Crippen LogP contribution < -0.4 is 10.6 Å². The van der Waals surface area contributed by atoms with Crippen LogP contribution in [0.3, 0.4) is 0 Å². The van der Waals surface area contributed by atoms with Gasteiger partial charge in [0.1, 0.15) is 0 Å². The van der Waals surface area contributed by atoms with Gasteiger partial charge in [-0.15, -0.1) is 0 Å². The molecule has 0 aliphatic carbocycles. The highest BCUT2D eigenvalue weighted by atomic mass is 16.5. The van der Waals surface area contributed by atoms with E-state index in [2.05, 4.69) is 22.6 Å². The Morgan fingerprint density at radius 1 is 1.33 bits per heavy atom. The monoisotopic (exact) mass is 255 g/mol. The zero-order chi connectivity index (χ0) is 12.6. The Morgan fingerprint density at radius 3 is 3.00 bits per heavy atom. The van der Waals surface area contributed by atoms with E-state index in [0.717, 1.165) is 38.6 Å². The first kappa shape index (κ1) is 14.3. The van der Waals surface area contributed by atoms with Crippen LogP contribution >= 0.6 is 0 Å². The van der Waals surface area contributed by atoms with Gasteiger partial charge in [-0.05, 0) is 58.3 Å². The van der Waals surface area contributed by atoms with Crippen molar-refractivity contribution in [2.45, 2.75) is 31.8 Å². The van der Waals surface area contributed by atoms with Crippen LogP contribution in [0.5, 0.6) is 0 Å². The number of piperidine rings is 1. The highest BCUT2D eigenvalue weighted by Crippen LogP contribution is 2.17. The first-order valence-corrected chi connectivity index (χ1v) is 7.56. The Morgan fingerprint density at radius 2 is 2.22 bits per heavy atom. The van der Waals surface area contributed by atoms with Crippen molar-refractivity contribution in [1.82, 2.24) is 15.5 Å². The minimum atomic E-state index is 0.423. The zero-order valence-electron chi connectivity index (χ0n) is 11.8. The van der Waals surface area contributed by atoms with Gasteiger partial charge in [0.05, 0.1) is 12.7 Å². The average Bonchev–Trinajstić information content (AvgIpc) is 2.40. The number of nitrogens with one attached hydrogen (secondary N) is 2. The molecule has 106 valence electrons. The quantitative estimate of drug-likeness (QED) is 0.685. The molecule has 2 atom stereocenters. The molecule has 0 radical (unpaired) electrons. The molecule has 2 heterocycles. The Hall–Kier alpha value is -0.160. The normalized spacial score (nSPS) is 30.5. The highest BCUT2D eigenvalue weighted by Gasteiger charge is 2.16. The summed E-state index contributed by atoms with van der Waals surface area (Å²) in [4.78, 5) is 2.47. The summed E-state index contributed by atoms with van der Waals surface area (Å²) in [7, 11) is 2.24. The maximum atomic E-state index is 5.68. The largest absolute Gasteiger partial charge is 0.376 e. The predicted molar refractivity (Wildman–Crippen MR) is 74.9 cm³/mol. The fourth-order valence-electron chi connectivity index (χ4n) is 3.01. The Labute approximate surface area is 111 Å². The topological polar surface area (TPSA) is 36.5 Å². The standard InChI is InChI=1S/C14H29N3O/c1-17-9-2-3-13(12-17)4-6-15-7-5-14-11-16-8-10-18-14/h13-16H,2-12H2,1H3. The van der Waals surface area contributed by atoms with E-state index in [-0.39, 0.29) is 0 Å². The molecular weight excluding hydrogens is 226 g/mol. The van der Waals surface area contributed by atoms with Crippen LogP contribution in [0.4, 0.5) is 0 Å². The minimum Gasteiger partial charge on any atom is -0.376 e. The van der Waals surface area contributed by atoms with Crippen LogP contribution in [-0.4, -0.2) is 63.9 Å². The number of nitrogens with zero attached hydrogens (tertiary/aromatic N) is 1. The van der Waals surface area contributed by atoms with Crippen molar-refractivity contribution in [3.63, 3.8) is 0 Å². The van der Waals surface area contributed by atoms with Crippen LogP contribution in [0, 0.1) is 5.92 Å². The summed E-state index contributed by atoms with van der Waals surface area (Å²) in [5.74, 6) is 0.906. The third kappa shape index (κ3) is 5.22. The van der Waals surface area contributed by atoms with Crippen molar-refractivity contribution < 1.29 is 4.74 Å². The lowest BCUT2D eigenvalue weighted by Crippen LogP contribution is -2.40. The lowest BCUT2D eigenvalue weighted by Gasteiger charge is -2.29. The van der Waals surface area contributed by atoms with E-state index in [1.165, 1.54) is 38.9 Å². The van der Waals surface area contributed by atoms with E-state index in [1.54, 1.807) is 0 Å². The van der Waals surface area contributed by atoms with Gasteiger partial charge >= 0.3 is 0 Å². The molecule has 2 aliphatic heterocycles. The maximum Gasteiger partial charge on any atom is 0.0712 e. The molecule has 2 saturated heterocycles. The number of ether oxygens (including phenoxy) is 1. The summed E-state index contributed by atoms with van der Waals surface area (Å²) in [5, 5.41) is 6.94. The van der Waals surface area contributed by atoms with Crippen molar-refractivity contribution >= 4 is 0 Å². The van der Waals surface area contributed by atoms with Gasteiger partial charge in [0.2, 0.25) is 0 Å². The number of hydrogen-bond acceptors (Lipinski definition) is 4. The SMILES string of the molecule is CN1CCCC(CCNCCC2CNCCO2)C1. The molecule has 2 unspecified atom stereocenters. The Kier molecular flexibility index (Phi) is 6.41. The zero-order valence-corrected chi connectivity index (χ0v) is 11.8. The summed E-state index contributed by atoms with van der Waals surface area (Å²) in [5.41, 5.74) is 0. The first-order chi connectivity index (χ1) is 8.84. The van der Waals surface area contributed by atoms with E-state index < -0.39 is 0 Å². The molecule has 0 spiro atoms. The minimum absolute atomic E-state index is 0.423. The molecule has 0 aromatic rings. The second-order valence-corrected chi connectivity index (χ2v) is 5.79. The smallest absolute Gasteiger partial charge is 0.0712 e. The number of rotatable bonds is 6. The third-order valence-electron chi connectivity index (χ3n) is 4.10. The van der Waals surface area contributed by atoms with Crippen LogP contribution in [0.15, 0.2) is 0 Å². The third-order valence-corrected chi connectivity index (χ3v) is 4.10. The fourth-order valence-corrected chi connectivity index (χ4v) is 3.01. The van der Waals surface area contributed by atoms with E-state index in [9.17, 15) is 0 Å². The number of likely N-dealkylation sites (tertiary alicyclic amines) is 1. The van der Waals surface area contributed by atoms with E-state index in [0.29, 0.717) is 6.10 Å². The first-order valence-electron chi connectivity index (χ1n) is 7.56. The van der Waals surface area contributed by atoms with E-state index >= 15 is 0 Å². The van der Waals surface area contributed by atoms with Crippen molar-refractivity contribution in [3.05, 3.63) is 0 Å². The second kappa shape index (κ2) is 8.10. The van der Waals surface area contributed by atoms with Crippen molar-refractivity contribution in [2.24, 2.45) is 5.92 Å². The van der Waals surface area contributed by atoms with Gasteiger partial charge in [-0.2, -0.15) is 0 Å². The molecule has 4 heteroatoms. The van der Waals surface area contributed by atoms with Gasteiger partial charge in [-0.1, -0.05) is 0 Å². The molecule has 2 N–H and O–H groups in total. The molecule has 4 nitrogen and oxygen atoms in total. The second-order valence-electron chi connectivity index (χ2n) is 5.79. The van der Waals surface area contributed by atoms with Crippen LogP contribution in [0.25, 0.3) is 0 Å². The highest BCUT2D eigenvalue weighted by molar-refractivity contribution is 4.72. The maximum absolute atomic E-state index is 5.68. The fraction of sp³-hybridized carbons (Fsp3) is 1.00. The summed E-state index contributed by atoms with van der Waals surface area (Å²) in [6, 6.07) is 0. The van der Waals surface area contributed by atoms with Crippen molar-refractivity contribution in [1.29, 1.82) is 0 Å². The van der Waals surface area contributed by atoms with Gasteiger partial charge < -0.3 is 20.3 Å². The van der Waals surface area contributed by atoms with Crippen molar-refractivity contribution in [2.75, 3.05) is 52.9 Å². The van der Waals surface area contributed by atoms with Gasteiger partial charge in [-0.3, -0.25) is 0 Å². The Balaban J connectivity index is 1.45. The predicted octanol–water partition coefficient (Wildman–Crippen LogP) is 0.686. The van der Waals surface area contributed by atoms with E-state index in [1.807, 2.05) is 0 Å². The molecule has 2 aliphatic rings. The molecule has 2 fully saturated rings. The van der Waals surface area contributed by atoms with Gasteiger partial charge in [0.25, 0.3) is 0 Å². The summed E-state index contributed by atoms with van der Waals surface area (Å²) >= 11 is 0. The summed E-state index contributed by atoms with van der Waals surface area (Å²) in [6.07, 6.45) is 5.68. The van der Waals surface area contributed by atoms with Gasteiger partial charge in [0.15, 0.2) is 0 Å². The van der Waals surface area contributed by atoms with Gasteiger partial charge in [0, 0.05) is 19.6 Å². The van der Waals surface area contributed by atoms with Crippen molar-refractivity contribution in [3.8, 4) is 0 Å². The molecule has 0 aromatic carbocycles. The molecule has 2 rings (SSSR count). The molecule has 0 saturated carbocycles. The molecule has 0 bridgehead atoms. The molecule has 0 aromatic heterocycles. The molecular formula is C14H29N3O. The lowest BCUT2D eigenvalue weighted by molar-refractivity contribution is 0.0238. The van der Waals surface area contributed by atoms with Gasteiger partial charge in [-0.25, -0.2) is 0 Å². The summed E-state index contributed by atoms with van der Waals surface area (Å²) in [6.45, 7) is 7.74. The van der Waals surface area contributed by atoms with Crippen LogP contribution in [-0.2, 0) is 4.74 Å². The Bertz CT molecular complexity index is 219. The molecule has 0 amide bonds. The van der Waals surface area contributed by atoms with Crippen LogP contribution in [0.2, 0.25) is 0 Å². The van der Waals surface area contributed by atoms with E-state index in [4.69, 9.17) is 4.74 Å². The number of hydrogen-bond donors (Lipinski definition) is 2. The summed E-state index contributed by atoms with van der Waals surface area (Å²) < 4.78 is 5.68. The molecule has 18 heavy (non-hydrogen) atoms. The lowest BCUT2D eigenvalue weighted by atomic mass is 9.95.